The second-order valence-electron chi connectivity index (χ2n) is 6.40. The molecule has 2 aromatic rings. The molecule has 0 radical (unpaired) electrons. The number of rotatable bonds is 4. The zero-order valence-corrected chi connectivity index (χ0v) is 15.7. The third-order valence-corrected chi connectivity index (χ3v) is 3.13. The van der Waals surface area contributed by atoms with Gasteiger partial charge in [0, 0.05) is 23.8 Å². The minimum atomic E-state index is -0.445. The number of carbonyl (C=O) groups is 1. The number of nitrogens with two attached hydrogens (primary N) is 1. The fraction of sp³-hybridized carbons (Fsp3) is 0.533. The molecule has 3 N–H and O–H groups in total. The molecule has 130 valence electrons. The Morgan fingerprint density at radius 3 is 2.52 bits per heavy atom. The Balaban J connectivity index is 0.00000242. The van der Waals surface area contributed by atoms with Crippen molar-refractivity contribution in [3.63, 3.8) is 0 Å². The van der Waals surface area contributed by atoms with Crippen molar-refractivity contribution in [3.05, 3.63) is 23.5 Å². The largest absolute Gasteiger partial charge is 0.350 e. The zero-order valence-electron chi connectivity index (χ0n) is 14.1. The van der Waals surface area contributed by atoms with Crippen molar-refractivity contribution < 1.29 is 4.79 Å². The summed E-state index contributed by atoms with van der Waals surface area (Å²) in [5.74, 6) is -0.146. The van der Waals surface area contributed by atoms with E-state index in [9.17, 15) is 4.79 Å². The van der Waals surface area contributed by atoms with E-state index in [0.717, 1.165) is 16.7 Å². The molecular formula is C15H25Cl2N5O. The Bertz CT molecular complexity index is 676. The predicted octanol–water partition coefficient (Wildman–Crippen LogP) is 2.63. The lowest BCUT2D eigenvalue weighted by Crippen LogP contribution is -2.45. The van der Waals surface area contributed by atoms with Crippen molar-refractivity contribution in [3.8, 4) is 0 Å². The standard InChI is InChI=1S/C15H23N5O.2ClH/c1-9(2)20-13-12(7-18-20)11(6-10(3)19-13)14(21)17-8-15(4,5)16;;/h6-7,9H,8,16H2,1-5H3,(H,17,21);2*1H. The summed E-state index contributed by atoms with van der Waals surface area (Å²) in [6.45, 7) is 10.1. The first-order valence-corrected chi connectivity index (χ1v) is 7.11. The Kier molecular flexibility index (Phi) is 7.47. The second-order valence-corrected chi connectivity index (χ2v) is 6.40. The topological polar surface area (TPSA) is 85.8 Å². The number of aryl methyl sites for hydroxylation is 1. The van der Waals surface area contributed by atoms with Gasteiger partial charge in [0.1, 0.15) is 0 Å². The van der Waals surface area contributed by atoms with Gasteiger partial charge in [0.05, 0.1) is 17.1 Å². The molecule has 6 nitrogen and oxygen atoms in total. The summed E-state index contributed by atoms with van der Waals surface area (Å²) in [6.07, 6.45) is 1.70. The summed E-state index contributed by atoms with van der Waals surface area (Å²) in [7, 11) is 0. The highest BCUT2D eigenvalue weighted by atomic mass is 35.5. The number of pyridine rings is 1. The second kappa shape index (κ2) is 7.95. The summed E-state index contributed by atoms with van der Waals surface area (Å²) in [6, 6.07) is 1.98. The fourth-order valence-electron chi connectivity index (χ4n) is 2.11. The fourth-order valence-corrected chi connectivity index (χ4v) is 2.11. The van der Waals surface area contributed by atoms with Crippen LogP contribution in [0.1, 0.15) is 49.8 Å². The number of carbonyl (C=O) groups excluding carboxylic acids is 1. The third kappa shape index (κ3) is 5.06. The molecule has 2 rings (SSSR count). The van der Waals surface area contributed by atoms with Crippen LogP contribution in [0.2, 0.25) is 0 Å². The molecule has 1 amide bonds. The molecular weight excluding hydrogens is 337 g/mol. The molecule has 0 spiro atoms. The normalized spacial score (nSPS) is 11.1. The smallest absolute Gasteiger partial charge is 0.252 e. The van der Waals surface area contributed by atoms with E-state index >= 15 is 0 Å². The van der Waals surface area contributed by atoms with E-state index < -0.39 is 5.54 Å². The Morgan fingerprint density at radius 1 is 1.39 bits per heavy atom. The molecule has 0 aromatic carbocycles. The SMILES string of the molecule is Cc1cc(C(=O)NCC(C)(C)N)c2cnn(C(C)C)c2n1.Cl.Cl. The van der Waals surface area contributed by atoms with Crippen molar-refractivity contribution in [2.24, 2.45) is 5.73 Å². The Labute approximate surface area is 149 Å². The van der Waals surface area contributed by atoms with Crippen LogP contribution in [0.4, 0.5) is 0 Å². The predicted molar refractivity (Wildman–Crippen MR) is 97.7 cm³/mol. The first-order valence-electron chi connectivity index (χ1n) is 7.11. The maximum Gasteiger partial charge on any atom is 0.252 e. The van der Waals surface area contributed by atoms with Crippen LogP contribution in [0.25, 0.3) is 11.0 Å². The molecule has 8 heteroatoms. The van der Waals surface area contributed by atoms with Gasteiger partial charge in [0.2, 0.25) is 0 Å². The molecule has 2 heterocycles. The molecule has 0 atom stereocenters. The van der Waals surface area contributed by atoms with E-state index in [-0.39, 0.29) is 36.8 Å². The van der Waals surface area contributed by atoms with Crippen LogP contribution in [0.15, 0.2) is 12.3 Å². The lowest BCUT2D eigenvalue weighted by Gasteiger charge is -2.19. The van der Waals surface area contributed by atoms with Gasteiger partial charge in [-0.25, -0.2) is 9.67 Å². The first kappa shape index (κ1) is 21.6. The molecule has 0 unspecified atom stereocenters. The first-order chi connectivity index (χ1) is 9.69. The van der Waals surface area contributed by atoms with E-state index in [4.69, 9.17) is 5.73 Å². The zero-order chi connectivity index (χ0) is 15.8. The van der Waals surface area contributed by atoms with Crippen LogP contribution in [0.3, 0.4) is 0 Å². The molecule has 0 aliphatic carbocycles. The van der Waals surface area contributed by atoms with E-state index in [1.165, 1.54) is 0 Å². The van der Waals surface area contributed by atoms with Gasteiger partial charge in [0.25, 0.3) is 5.91 Å². The van der Waals surface area contributed by atoms with Crippen molar-refractivity contribution in [2.75, 3.05) is 6.54 Å². The lowest BCUT2D eigenvalue weighted by molar-refractivity contribution is 0.0947. The van der Waals surface area contributed by atoms with Crippen molar-refractivity contribution >= 4 is 41.8 Å². The van der Waals surface area contributed by atoms with Crippen LogP contribution in [0.5, 0.6) is 0 Å². The number of nitrogens with zero attached hydrogens (tertiary/aromatic N) is 3. The molecule has 0 aliphatic heterocycles. The van der Waals surface area contributed by atoms with Crippen molar-refractivity contribution in [2.45, 2.75) is 46.2 Å². The van der Waals surface area contributed by atoms with Crippen LogP contribution >= 0.6 is 24.8 Å². The molecule has 0 bridgehead atoms. The Hall–Kier alpha value is -1.37. The molecule has 0 saturated heterocycles. The van der Waals surface area contributed by atoms with E-state index in [0.29, 0.717) is 12.1 Å². The minimum absolute atomic E-state index is 0. The van der Waals surface area contributed by atoms with Crippen molar-refractivity contribution in [1.29, 1.82) is 0 Å². The summed E-state index contributed by atoms with van der Waals surface area (Å²) in [4.78, 5) is 16.9. The van der Waals surface area contributed by atoms with Crippen LogP contribution in [-0.4, -0.2) is 32.8 Å². The van der Waals surface area contributed by atoms with Gasteiger partial charge in [-0.1, -0.05) is 0 Å². The van der Waals surface area contributed by atoms with Crippen LogP contribution in [-0.2, 0) is 0 Å². The number of amides is 1. The number of hydrogen-bond acceptors (Lipinski definition) is 4. The lowest BCUT2D eigenvalue weighted by atomic mass is 10.1. The van der Waals surface area contributed by atoms with Crippen LogP contribution in [0, 0.1) is 6.92 Å². The molecule has 0 aliphatic rings. The number of halogens is 2. The summed E-state index contributed by atoms with van der Waals surface area (Å²) >= 11 is 0. The number of fused-ring (bicyclic) bond motifs is 1. The summed E-state index contributed by atoms with van der Waals surface area (Å²) in [5.41, 5.74) is 7.58. The number of aromatic nitrogens is 3. The van der Waals surface area contributed by atoms with Gasteiger partial charge in [-0.05, 0) is 40.7 Å². The minimum Gasteiger partial charge on any atom is -0.350 e. The monoisotopic (exact) mass is 361 g/mol. The molecule has 0 saturated carbocycles. The average molecular weight is 362 g/mol. The molecule has 2 aromatic heterocycles. The van der Waals surface area contributed by atoms with Gasteiger partial charge in [-0.3, -0.25) is 4.79 Å². The van der Waals surface area contributed by atoms with Gasteiger partial charge in [-0.2, -0.15) is 5.10 Å². The maximum atomic E-state index is 12.4. The maximum absolute atomic E-state index is 12.4. The van der Waals surface area contributed by atoms with E-state index in [1.807, 2.05) is 39.3 Å². The highest BCUT2D eigenvalue weighted by molar-refractivity contribution is 6.05. The van der Waals surface area contributed by atoms with Gasteiger partial charge in [0.15, 0.2) is 5.65 Å². The average Bonchev–Trinajstić information content (AvgIpc) is 2.77. The highest BCUT2D eigenvalue weighted by Gasteiger charge is 2.18. The van der Waals surface area contributed by atoms with Crippen molar-refractivity contribution in [1.82, 2.24) is 20.1 Å². The highest BCUT2D eigenvalue weighted by Crippen LogP contribution is 2.21. The Morgan fingerprint density at radius 2 is 2.00 bits per heavy atom. The third-order valence-electron chi connectivity index (χ3n) is 3.13. The molecule has 23 heavy (non-hydrogen) atoms. The van der Waals surface area contributed by atoms with Gasteiger partial charge < -0.3 is 11.1 Å². The summed E-state index contributed by atoms with van der Waals surface area (Å²) in [5, 5.41) is 7.97. The van der Waals surface area contributed by atoms with E-state index in [2.05, 4.69) is 15.4 Å². The van der Waals surface area contributed by atoms with E-state index in [1.54, 1.807) is 12.3 Å². The van der Waals surface area contributed by atoms with Gasteiger partial charge >= 0.3 is 0 Å². The number of nitrogens with one attached hydrogen (secondary N) is 1. The van der Waals surface area contributed by atoms with Gasteiger partial charge in [-0.15, -0.1) is 24.8 Å². The summed E-state index contributed by atoms with van der Waals surface area (Å²) < 4.78 is 1.83. The molecule has 0 fully saturated rings. The number of hydrogen-bond donors (Lipinski definition) is 2. The van der Waals surface area contributed by atoms with Crippen LogP contribution < -0.4 is 11.1 Å². The quantitative estimate of drug-likeness (QED) is 0.876.